The number of aliphatic hydroxyl groups is 2. The van der Waals surface area contributed by atoms with Crippen molar-refractivity contribution in [1.29, 1.82) is 0 Å². The number of unbranched alkanes of at least 4 members (excludes halogenated alkanes) is 1. The largest absolute Gasteiger partial charge is 0.481 e. The van der Waals surface area contributed by atoms with E-state index in [-0.39, 0.29) is 38.6 Å². The van der Waals surface area contributed by atoms with E-state index in [1.807, 2.05) is 0 Å². The van der Waals surface area contributed by atoms with Crippen molar-refractivity contribution in [2.24, 2.45) is 22.9 Å². The zero-order valence-electron chi connectivity index (χ0n) is 42.3. The number of aromatic nitrogens is 1. The second kappa shape index (κ2) is 32.8. The minimum atomic E-state index is -1.89. The Hall–Kier alpha value is -7.41. The van der Waals surface area contributed by atoms with Crippen molar-refractivity contribution in [3.63, 3.8) is 0 Å². The lowest BCUT2D eigenvalue weighted by atomic mass is 10.0. The Morgan fingerprint density at radius 1 is 0.618 bits per heavy atom. The highest BCUT2D eigenvalue weighted by molar-refractivity contribution is 7.98. The molecule has 10 atom stereocenters. The van der Waals surface area contributed by atoms with Gasteiger partial charge in [-0.2, -0.15) is 11.8 Å². The molecule has 1 heterocycles. The minimum Gasteiger partial charge on any atom is -0.481 e. The summed E-state index contributed by atoms with van der Waals surface area (Å²) < 4.78 is 0. The van der Waals surface area contributed by atoms with Gasteiger partial charge < -0.3 is 90.9 Å². The van der Waals surface area contributed by atoms with Crippen LogP contribution >= 0.6 is 11.8 Å². The molecule has 0 spiro atoms. The number of carboxylic acids is 2. The molecule has 30 heteroatoms. The summed E-state index contributed by atoms with van der Waals surface area (Å²) in [6, 6.07) is -7.61. The number of rotatable bonds is 36. The number of benzene rings is 1. The molecule has 0 fully saturated rings. The lowest BCUT2D eigenvalue weighted by molar-refractivity contribution is -0.142. The highest BCUT2D eigenvalue weighted by atomic mass is 32.2. The maximum atomic E-state index is 14.3. The molecular formula is C46H71N13O16S. The Kier molecular flexibility index (Phi) is 27.9. The first-order valence-corrected chi connectivity index (χ1v) is 25.5. The van der Waals surface area contributed by atoms with Gasteiger partial charge in [-0.3, -0.25) is 52.7 Å². The molecular weight excluding hydrogens is 1020 g/mol. The van der Waals surface area contributed by atoms with E-state index in [2.05, 4.69) is 47.5 Å². The fraction of sp³-hybridized carbons (Fsp3) is 0.565. The number of primary amides is 2. The van der Waals surface area contributed by atoms with Gasteiger partial charge in [0.1, 0.15) is 48.3 Å². The van der Waals surface area contributed by atoms with Crippen LogP contribution < -0.4 is 65.5 Å². The molecule has 0 saturated carbocycles. The Bertz CT molecular complexity index is 2370. The second-order valence-corrected chi connectivity index (χ2v) is 18.7. The number of aromatic amines is 1. The van der Waals surface area contributed by atoms with Crippen molar-refractivity contribution in [3.05, 3.63) is 36.0 Å². The van der Waals surface area contributed by atoms with E-state index in [4.69, 9.17) is 22.9 Å². The second-order valence-electron chi connectivity index (χ2n) is 17.7. The molecule has 0 aliphatic carbocycles. The number of aliphatic hydroxyl groups excluding tert-OH is 2. The molecule has 0 saturated heterocycles. The van der Waals surface area contributed by atoms with Gasteiger partial charge >= 0.3 is 11.9 Å². The van der Waals surface area contributed by atoms with E-state index in [1.165, 1.54) is 18.0 Å². The number of carbonyl (C=O) groups is 12. The summed E-state index contributed by atoms with van der Waals surface area (Å²) in [7, 11) is 0. The molecule has 422 valence electrons. The monoisotopic (exact) mass is 1090 g/mol. The first-order valence-electron chi connectivity index (χ1n) is 24.1. The van der Waals surface area contributed by atoms with Crippen molar-refractivity contribution >= 4 is 93.7 Å². The van der Waals surface area contributed by atoms with Crippen LogP contribution in [0.4, 0.5) is 0 Å². The Morgan fingerprint density at radius 2 is 1.16 bits per heavy atom. The number of amides is 10. The fourth-order valence-electron chi connectivity index (χ4n) is 7.24. The Morgan fingerprint density at radius 3 is 1.75 bits per heavy atom. The predicted molar refractivity (Wildman–Crippen MR) is 273 cm³/mol. The molecule has 0 unspecified atom stereocenters. The van der Waals surface area contributed by atoms with Gasteiger partial charge in [0, 0.05) is 36.4 Å². The van der Waals surface area contributed by atoms with Crippen molar-refractivity contribution in [1.82, 2.24) is 47.5 Å². The molecule has 29 nitrogen and oxygen atoms in total. The molecule has 76 heavy (non-hydrogen) atoms. The number of carboxylic acid groups (broad SMARTS) is 2. The normalized spacial score (nSPS) is 15.0. The average molecular weight is 1090 g/mol. The standard InChI is InChI=1S/C46H71N13O16S/c1-22(38(66)55-30(46(74)75)11-13-34(49)62)52-42(70)32(19-35(50)63)57-43(71)31(18-24-20-51-27-9-5-4-8-25(24)27)56-40(68)29(12-14-36(64)65)54-45(73)37(23(2)61)59-41(69)28(10-6-7-16-47)53-44(72)33(21-60)58-39(67)26(48)15-17-76-3/h4-5,8-9,20,22-23,26,28-33,37,51,60-61H,6-7,10-19,21,47-48H2,1-3H3,(H2,49,62)(H2,50,63)(H,52,70)(H,53,72)(H,54,73)(H,55,66)(H,56,68)(H,57,71)(H,58,67)(H,59,69)(H,64,65)(H,74,75)/t22-,23+,26-,28-,29-,30-,31-,32-,33-,37-/m0/s1. The van der Waals surface area contributed by atoms with Crippen molar-refractivity contribution in [3.8, 4) is 0 Å². The van der Waals surface area contributed by atoms with Gasteiger partial charge in [0.05, 0.1) is 25.2 Å². The maximum absolute atomic E-state index is 14.3. The van der Waals surface area contributed by atoms with Crippen LogP contribution in [-0.4, -0.2) is 182 Å². The minimum absolute atomic E-state index is 0.0883. The first kappa shape index (κ1) is 64.7. The molecule has 10 amide bonds. The summed E-state index contributed by atoms with van der Waals surface area (Å²) in [6.45, 7) is 1.54. The molecule has 0 radical (unpaired) electrons. The number of para-hydroxylation sites is 1. The Labute approximate surface area is 440 Å². The van der Waals surface area contributed by atoms with Gasteiger partial charge in [-0.25, -0.2) is 4.79 Å². The highest BCUT2D eigenvalue weighted by Gasteiger charge is 2.36. The van der Waals surface area contributed by atoms with Crippen LogP contribution in [0.3, 0.4) is 0 Å². The molecule has 2 aromatic rings. The molecule has 0 aliphatic rings. The molecule has 21 N–H and O–H groups in total. The third-order valence-electron chi connectivity index (χ3n) is 11.5. The summed E-state index contributed by atoms with van der Waals surface area (Å²) >= 11 is 1.43. The number of H-pyrrole nitrogens is 1. The number of nitrogens with two attached hydrogens (primary N) is 4. The van der Waals surface area contributed by atoms with E-state index >= 15 is 0 Å². The number of hydrogen-bond donors (Lipinski definition) is 17. The zero-order chi connectivity index (χ0) is 57.2. The average Bonchev–Trinajstić information content (AvgIpc) is 3.77. The SMILES string of the molecule is CSCC[C@H](N)C(=O)N[C@@H](CO)C(=O)N[C@@H](CCCCN)C(=O)N[C@H](C(=O)N[C@@H](CCC(=O)O)C(=O)N[C@@H](Cc1c[nH]c2ccccc12)C(=O)N[C@@H](CC(N)=O)C(=O)N[C@@H](C)C(=O)N[C@@H](CCC(N)=O)C(=O)O)[C@@H](C)O. The smallest absolute Gasteiger partial charge is 0.326 e. The maximum Gasteiger partial charge on any atom is 0.326 e. The van der Waals surface area contributed by atoms with Crippen molar-refractivity contribution in [2.45, 2.75) is 139 Å². The van der Waals surface area contributed by atoms with Crippen LogP contribution in [0.5, 0.6) is 0 Å². The number of fused-ring (bicyclic) bond motifs is 1. The fourth-order valence-corrected chi connectivity index (χ4v) is 7.73. The van der Waals surface area contributed by atoms with Crippen molar-refractivity contribution in [2.75, 3.05) is 25.2 Å². The van der Waals surface area contributed by atoms with Gasteiger partial charge in [0.25, 0.3) is 0 Å². The lowest BCUT2D eigenvalue weighted by Crippen LogP contribution is -2.62. The van der Waals surface area contributed by atoms with Gasteiger partial charge in [-0.15, -0.1) is 0 Å². The van der Waals surface area contributed by atoms with Crippen LogP contribution in [-0.2, 0) is 64.0 Å². The summed E-state index contributed by atoms with van der Waals surface area (Å²) in [5.41, 5.74) is 23.1. The molecule has 2 rings (SSSR count). The summed E-state index contributed by atoms with van der Waals surface area (Å²) in [6.07, 6.45) is -1.03. The van der Waals surface area contributed by atoms with E-state index in [0.717, 1.165) is 13.8 Å². The van der Waals surface area contributed by atoms with Crippen LogP contribution in [0.2, 0.25) is 0 Å². The molecule has 1 aromatic carbocycles. The predicted octanol–water partition coefficient (Wildman–Crippen LogP) is -5.72. The molecule has 1 aromatic heterocycles. The number of nitrogens with one attached hydrogen (secondary N) is 9. The molecule has 0 aliphatic heterocycles. The van der Waals surface area contributed by atoms with Gasteiger partial charge in [-0.05, 0) is 82.6 Å². The Balaban J connectivity index is 2.47. The van der Waals surface area contributed by atoms with Crippen LogP contribution in [0.1, 0.15) is 77.2 Å². The highest BCUT2D eigenvalue weighted by Crippen LogP contribution is 2.20. The summed E-state index contributed by atoms with van der Waals surface area (Å²) in [5, 5.41) is 59.0. The lowest BCUT2D eigenvalue weighted by Gasteiger charge is -2.28. The van der Waals surface area contributed by atoms with E-state index < -0.39 is 164 Å². The van der Waals surface area contributed by atoms with Gasteiger partial charge in [0.2, 0.25) is 59.1 Å². The van der Waals surface area contributed by atoms with Gasteiger partial charge in [-0.1, -0.05) is 18.2 Å². The summed E-state index contributed by atoms with van der Waals surface area (Å²) in [4.78, 5) is 159. The topological polar surface area (TPSA) is 502 Å². The number of thioether (sulfide) groups is 1. The first-order chi connectivity index (χ1) is 35.8. The van der Waals surface area contributed by atoms with Crippen molar-refractivity contribution < 1.29 is 78.0 Å². The number of hydrogen-bond acceptors (Lipinski definition) is 17. The molecule has 0 bridgehead atoms. The third-order valence-corrected chi connectivity index (χ3v) is 12.2. The van der Waals surface area contributed by atoms with Crippen LogP contribution in [0, 0.1) is 0 Å². The number of carbonyl (C=O) groups excluding carboxylic acids is 10. The van der Waals surface area contributed by atoms with Crippen LogP contribution in [0.15, 0.2) is 30.5 Å². The third kappa shape index (κ3) is 22.2. The zero-order valence-corrected chi connectivity index (χ0v) is 43.1. The van der Waals surface area contributed by atoms with Crippen LogP contribution in [0.25, 0.3) is 10.9 Å². The van der Waals surface area contributed by atoms with E-state index in [9.17, 15) is 78.0 Å². The quantitative estimate of drug-likeness (QED) is 0.0283. The van der Waals surface area contributed by atoms with E-state index in [0.29, 0.717) is 28.6 Å². The van der Waals surface area contributed by atoms with E-state index in [1.54, 1.807) is 30.5 Å². The number of aliphatic carboxylic acids is 2. The van der Waals surface area contributed by atoms with Gasteiger partial charge in [0.15, 0.2) is 0 Å². The summed E-state index contributed by atoms with van der Waals surface area (Å²) in [5.74, 6) is -12.9.